The fraction of sp³-hybridized carbons (Fsp3) is 0.412. The molecule has 114 valence electrons. The van der Waals surface area contributed by atoms with E-state index in [-0.39, 0.29) is 6.61 Å². The summed E-state index contributed by atoms with van der Waals surface area (Å²) in [4.78, 5) is 8.01. The Hall–Kier alpha value is -1.88. The van der Waals surface area contributed by atoms with Gasteiger partial charge in [-0.2, -0.15) is 0 Å². The van der Waals surface area contributed by atoms with Crippen molar-refractivity contribution in [3.05, 3.63) is 48.0 Å². The maximum atomic E-state index is 11.2. The predicted molar refractivity (Wildman–Crippen MR) is 87.4 cm³/mol. The first kappa shape index (κ1) is 16.5. The van der Waals surface area contributed by atoms with E-state index in [1.54, 1.807) is 18.5 Å². The first-order chi connectivity index (χ1) is 10.2. The average Bonchev–Trinajstić information content (AvgIpc) is 2.45. The standard InChI is InChI=1S/C17H21BN2O2/c1-12-7-14(18)5-6-15(12)22-10-17(21,16(2,3)4)13-8-19-11-20-9-13/h5-9,11,21H,10H2,1-4H3. The summed E-state index contributed by atoms with van der Waals surface area (Å²) in [6.07, 6.45) is 4.69. The molecular weight excluding hydrogens is 275 g/mol. The van der Waals surface area contributed by atoms with Crippen LogP contribution in [0.3, 0.4) is 0 Å². The van der Waals surface area contributed by atoms with Crippen LogP contribution in [0.5, 0.6) is 5.75 Å². The molecule has 4 nitrogen and oxygen atoms in total. The molecule has 2 aromatic rings. The van der Waals surface area contributed by atoms with Crippen molar-refractivity contribution in [3.8, 4) is 5.75 Å². The summed E-state index contributed by atoms with van der Waals surface area (Å²) in [6.45, 7) is 7.90. The van der Waals surface area contributed by atoms with Gasteiger partial charge >= 0.3 is 0 Å². The first-order valence-corrected chi connectivity index (χ1v) is 7.21. The van der Waals surface area contributed by atoms with Gasteiger partial charge in [0, 0.05) is 18.0 Å². The summed E-state index contributed by atoms with van der Waals surface area (Å²) >= 11 is 0. The fourth-order valence-corrected chi connectivity index (χ4v) is 2.26. The van der Waals surface area contributed by atoms with Gasteiger partial charge in [-0.15, -0.1) is 0 Å². The fourth-order valence-electron chi connectivity index (χ4n) is 2.26. The zero-order chi connectivity index (χ0) is 16.4. The lowest BCUT2D eigenvalue weighted by molar-refractivity contribution is -0.0950. The van der Waals surface area contributed by atoms with Crippen molar-refractivity contribution in [2.24, 2.45) is 5.41 Å². The molecule has 1 unspecified atom stereocenters. The van der Waals surface area contributed by atoms with Gasteiger partial charge < -0.3 is 9.84 Å². The normalized spacial score (nSPS) is 14.4. The van der Waals surface area contributed by atoms with Gasteiger partial charge in [-0.1, -0.05) is 38.4 Å². The van der Waals surface area contributed by atoms with E-state index in [4.69, 9.17) is 12.6 Å². The molecule has 1 aromatic heterocycles. The Bertz CT molecular complexity index is 641. The molecule has 0 bridgehead atoms. The summed E-state index contributed by atoms with van der Waals surface area (Å²) in [6, 6.07) is 5.44. The minimum absolute atomic E-state index is 0.106. The number of aryl methyl sites for hydroxylation is 1. The Kier molecular flexibility index (Phi) is 4.56. The number of nitrogens with zero attached hydrogens (tertiary/aromatic N) is 2. The lowest BCUT2D eigenvalue weighted by atomic mass is 9.73. The van der Waals surface area contributed by atoms with Gasteiger partial charge in [0.25, 0.3) is 0 Å². The van der Waals surface area contributed by atoms with Crippen LogP contribution in [0.1, 0.15) is 31.9 Å². The van der Waals surface area contributed by atoms with Crippen LogP contribution in [0.25, 0.3) is 0 Å². The van der Waals surface area contributed by atoms with Crippen molar-refractivity contribution in [2.75, 3.05) is 6.61 Å². The SMILES string of the molecule is [B]c1ccc(OCC(O)(c2cncnc2)C(C)(C)C)c(C)c1. The zero-order valence-electron chi connectivity index (χ0n) is 13.5. The largest absolute Gasteiger partial charge is 0.490 e. The van der Waals surface area contributed by atoms with Gasteiger partial charge in [0.2, 0.25) is 0 Å². The molecule has 0 aliphatic carbocycles. The van der Waals surface area contributed by atoms with Crippen molar-refractivity contribution >= 4 is 13.3 Å². The third-order valence-corrected chi connectivity index (χ3v) is 3.91. The minimum atomic E-state index is -1.21. The van der Waals surface area contributed by atoms with E-state index in [1.807, 2.05) is 39.8 Å². The first-order valence-electron chi connectivity index (χ1n) is 7.21. The van der Waals surface area contributed by atoms with Gasteiger partial charge in [0.05, 0.1) is 0 Å². The van der Waals surface area contributed by atoms with Crippen molar-refractivity contribution in [2.45, 2.75) is 33.3 Å². The Morgan fingerprint density at radius 2 is 1.82 bits per heavy atom. The van der Waals surface area contributed by atoms with Crippen LogP contribution in [-0.2, 0) is 5.60 Å². The second-order valence-corrected chi connectivity index (χ2v) is 6.55. The Labute approximate surface area is 133 Å². The molecule has 0 saturated heterocycles. The van der Waals surface area contributed by atoms with Crippen molar-refractivity contribution in [1.29, 1.82) is 0 Å². The molecule has 22 heavy (non-hydrogen) atoms. The lowest BCUT2D eigenvalue weighted by Gasteiger charge is -2.40. The Balaban J connectivity index is 2.29. The molecule has 0 aliphatic rings. The lowest BCUT2D eigenvalue weighted by Crippen LogP contribution is -2.45. The number of aromatic nitrogens is 2. The highest BCUT2D eigenvalue weighted by Crippen LogP contribution is 2.39. The summed E-state index contributed by atoms with van der Waals surface area (Å²) < 4.78 is 5.88. The summed E-state index contributed by atoms with van der Waals surface area (Å²) in [5, 5.41) is 11.2. The van der Waals surface area contributed by atoms with Crippen LogP contribution in [-0.4, -0.2) is 29.5 Å². The van der Waals surface area contributed by atoms with Gasteiger partial charge in [0.15, 0.2) is 0 Å². The van der Waals surface area contributed by atoms with E-state index in [1.165, 1.54) is 6.33 Å². The molecular formula is C17H21BN2O2. The summed E-state index contributed by atoms with van der Waals surface area (Å²) in [5.41, 5.74) is 0.602. The quantitative estimate of drug-likeness (QED) is 0.875. The topological polar surface area (TPSA) is 55.2 Å². The number of hydrogen-bond donors (Lipinski definition) is 1. The van der Waals surface area contributed by atoms with Crippen molar-refractivity contribution in [3.63, 3.8) is 0 Å². The molecule has 1 aromatic carbocycles. The highest BCUT2D eigenvalue weighted by Gasteiger charge is 2.43. The molecule has 0 fully saturated rings. The number of ether oxygens (including phenoxy) is 1. The van der Waals surface area contributed by atoms with E-state index >= 15 is 0 Å². The molecule has 0 aliphatic heterocycles. The highest BCUT2D eigenvalue weighted by molar-refractivity contribution is 6.32. The Morgan fingerprint density at radius 1 is 1.18 bits per heavy atom. The maximum Gasteiger partial charge on any atom is 0.131 e. The van der Waals surface area contributed by atoms with Crippen molar-refractivity contribution < 1.29 is 9.84 Å². The van der Waals surface area contributed by atoms with Gasteiger partial charge in [-0.05, 0) is 24.0 Å². The predicted octanol–water partition coefficient (Wildman–Crippen LogP) is 1.89. The zero-order valence-corrected chi connectivity index (χ0v) is 13.5. The summed E-state index contributed by atoms with van der Waals surface area (Å²) in [5.74, 6) is 0.703. The average molecular weight is 296 g/mol. The minimum Gasteiger partial charge on any atom is -0.490 e. The molecule has 1 N–H and O–H groups in total. The Morgan fingerprint density at radius 3 is 2.36 bits per heavy atom. The number of benzene rings is 1. The second-order valence-electron chi connectivity index (χ2n) is 6.55. The van der Waals surface area contributed by atoms with Crippen LogP contribution in [0.2, 0.25) is 0 Å². The third kappa shape index (κ3) is 3.30. The smallest absolute Gasteiger partial charge is 0.131 e. The number of rotatable bonds is 4. The van der Waals surface area contributed by atoms with E-state index in [2.05, 4.69) is 9.97 Å². The van der Waals surface area contributed by atoms with Crippen LogP contribution in [0.15, 0.2) is 36.9 Å². The van der Waals surface area contributed by atoms with Crippen LogP contribution in [0, 0.1) is 12.3 Å². The molecule has 0 amide bonds. The van der Waals surface area contributed by atoms with Crippen LogP contribution < -0.4 is 10.2 Å². The third-order valence-electron chi connectivity index (χ3n) is 3.91. The number of aliphatic hydroxyl groups is 1. The molecule has 1 heterocycles. The molecule has 1 atom stereocenters. The molecule has 2 radical (unpaired) electrons. The van der Waals surface area contributed by atoms with E-state index < -0.39 is 11.0 Å². The molecule has 0 spiro atoms. The summed E-state index contributed by atoms with van der Waals surface area (Å²) in [7, 11) is 5.75. The van der Waals surface area contributed by atoms with E-state index in [0.29, 0.717) is 16.8 Å². The number of hydrogen-bond acceptors (Lipinski definition) is 4. The maximum absolute atomic E-state index is 11.2. The van der Waals surface area contributed by atoms with Gasteiger partial charge in [0.1, 0.15) is 32.1 Å². The molecule has 5 heteroatoms. The van der Waals surface area contributed by atoms with Crippen LogP contribution in [0.4, 0.5) is 0 Å². The molecule has 2 rings (SSSR count). The highest BCUT2D eigenvalue weighted by atomic mass is 16.5. The van der Waals surface area contributed by atoms with E-state index in [9.17, 15) is 5.11 Å². The van der Waals surface area contributed by atoms with E-state index in [0.717, 1.165) is 5.56 Å². The van der Waals surface area contributed by atoms with Gasteiger partial charge in [-0.3, -0.25) is 0 Å². The second kappa shape index (κ2) is 6.09. The monoisotopic (exact) mass is 296 g/mol. The molecule has 0 saturated carbocycles. The van der Waals surface area contributed by atoms with Gasteiger partial charge in [-0.25, -0.2) is 9.97 Å². The van der Waals surface area contributed by atoms with Crippen molar-refractivity contribution in [1.82, 2.24) is 9.97 Å². The van der Waals surface area contributed by atoms with Crippen LogP contribution >= 0.6 is 0 Å².